The molecule has 0 spiro atoms. The Morgan fingerprint density at radius 1 is 0.654 bits per heavy atom. The van der Waals surface area contributed by atoms with Gasteiger partial charge in [-0.3, -0.25) is 0 Å². The van der Waals surface area contributed by atoms with Gasteiger partial charge in [0.15, 0.2) is 0 Å². The number of rotatable bonds is 8. The second-order valence-corrected chi connectivity index (χ2v) is 15.2. The number of carbonyl (C=O) groups is 1. The molecule has 132 valence electrons. The summed E-state index contributed by atoms with van der Waals surface area (Å²) in [7, 11) is 0. The van der Waals surface area contributed by atoms with E-state index in [4.69, 9.17) is 0 Å². The molecule has 0 bridgehead atoms. The van der Waals surface area contributed by atoms with Gasteiger partial charge in [-0.25, -0.2) is 0 Å². The quantitative estimate of drug-likeness (QED) is 0.279. The van der Waals surface area contributed by atoms with E-state index in [-0.39, 0.29) is 0 Å². The van der Waals surface area contributed by atoms with Crippen molar-refractivity contribution < 1.29 is 4.79 Å². The first-order chi connectivity index (χ1) is 12.8. The molecule has 3 aromatic carbocycles. The summed E-state index contributed by atoms with van der Waals surface area (Å²) in [6, 6.07) is 31.4. The number of benzene rings is 3. The first-order valence-corrected chi connectivity index (χ1v) is 14.4. The summed E-state index contributed by atoms with van der Waals surface area (Å²) in [6.07, 6.45) is 2.61. The van der Waals surface area contributed by atoms with Crippen LogP contribution < -0.4 is 13.2 Å². The molecule has 0 amide bonds. The van der Waals surface area contributed by atoms with Gasteiger partial charge in [0.2, 0.25) is 0 Å². The molecule has 3 aromatic rings. The van der Waals surface area contributed by atoms with Crippen LogP contribution in [0.4, 0.5) is 0 Å². The van der Waals surface area contributed by atoms with Crippen molar-refractivity contribution in [1.29, 1.82) is 0 Å². The van der Waals surface area contributed by atoms with Crippen molar-refractivity contribution in [3.05, 3.63) is 91.0 Å². The molecule has 0 aliphatic rings. The third kappa shape index (κ3) is 3.86. The molecule has 0 saturated carbocycles. The van der Waals surface area contributed by atoms with Crippen LogP contribution in [0.25, 0.3) is 0 Å². The number of unbranched alkanes of at least 4 members (excludes halogenated alkanes) is 1. The van der Waals surface area contributed by atoms with E-state index in [1.807, 2.05) is 18.2 Å². The minimum atomic E-state index is -3.42. The average Bonchev–Trinajstić information content (AvgIpc) is 2.71. The zero-order chi connectivity index (χ0) is 18.2. The van der Waals surface area contributed by atoms with Crippen LogP contribution in [0.15, 0.2) is 91.0 Å². The zero-order valence-corrected chi connectivity index (χ0v) is 18.5. The van der Waals surface area contributed by atoms with Crippen LogP contribution in [-0.2, 0) is 4.79 Å². The molecule has 0 aliphatic carbocycles. The van der Waals surface area contributed by atoms with Gasteiger partial charge in [-0.1, -0.05) is 0 Å². The van der Waals surface area contributed by atoms with E-state index in [9.17, 15) is 4.79 Å². The molecule has 0 aromatic heterocycles. The minimum absolute atomic E-state index is 0.439. The van der Waals surface area contributed by atoms with E-state index in [2.05, 4.69) is 88.7 Å². The van der Waals surface area contributed by atoms with Crippen LogP contribution in [0.5, 0.6) is 0 Å². The van der Waals surface area contributed by atoms with Crippen molar-refractivity contribution in [2.75, 3.05) is 5.33 Å². The topological polar surface area (TPSA) is 17.1 Å². The Morgan fingerprint density at radius 2 is 1.04 bits per heavy atom. The summed E-state index contributed by atoms with van der Waals surface area (Å²) >= 11 is 0.0700. The van der Waals surface area contributed by atoms with E-state index in [0.717, 1.165) is 18.2 Å². The van der Waals surface area contributed by atoms with Gasteiger partial charge < -0.3 is 0 Å². The van der Waals surface area contributed by atoms with Crippen LogP contribution in [0.2, 0.25) is 0 Å². The molecule has 0 unspecified atom stereocenters. The number of halogens is 1. The second-order valence-electron chi connectivity index (χ2n) is 6.42. The van der Waals surface area contributed by atoms with E-state index in [1.165, 1.54) is 13.2 Å². The Labute approximate surface area is 167 Å². The fourth-order valence-corrected chi connectivity index (χ4v) is 13.7. The number of hydrogen-bond acceptors (Lipinski definition) is 1. The van der Waals surface area contributed by atoms with Gasteiger partial charge in [0, 0.05) is 0 Å². The predicted octanol–water partition coefficient (Wildman–Crippen LogP) is 3.83. The first-order valence-electron chi connectivity index (χ1n) is 9.06. The Bertz CT molecular complexity index is 722. The van der Waals surface area contributed by atoms with Gasteiger partial charge in [-0.2, -0.15) is 0 Å². The van der Waals surface area contributed by atoms with Crippen molar-refractivity contribution in [3.63, 3.8) is 0 Å². The van der Waals surface area contributed by atoms with Gasteiger partial charge in [-0.05, 0) is 0 Å². The third-order valence-electron chi connectivity index (χ3n) is 4.83. The molecule has 26 heavy (non-hydrogen) atoms. The Kier molecular flexibility index (Phi) is 6.87. The van der Waals surface area contributed by atoms with Gasteiger partial charge in [0.05, 0.1) is 0 Å². The SMILES string of the molecule is O=[C](CCCCBr)[Ge]([c]1ccccc1)([c]1ccccc1)[c]1ccccc1. The molecule has 0 aliphatic heterocycles. The molecule has 3 rings (SSSR count). The van der Waals surface area contributed by atoms with Crippen molar-refractivity contribution in [3.8, 4) is 0 Å². The second kappa shape index (κ2) is 9.34. The van der Waals surface area contributed by atoms with E-state index in [1.54, 1.807) is 0 Å². The maximum atomic E-state index is 13.8. The molecular formula is C23H23BrGeO. The van der Waals surface area contributed by atoms with Crippen LogP contribution in [-0.4, -0.2) is 23.2 Å². The summed E-state index contributed by atoms with van der Waals surface area (Å²) in [5.74, 6) is 0. The first kappa shape index (κ1) is 19.1. The van der Waals surface area contributed by atoms with Crippen LogP contribution in [0, 0.1) is 0 Å². The van der Waals surface area contributed by atoms with Gasteiger partial charge >= 0.3 is 167 Å². The monoisotopic (exact) mass is 468 g/mol. The molecule has 3 heteroatoms. The van der Waals surface area contributed by atoms with Crippen LogP contribution in [0.3, 0.4) is 0 Å². The Morgan fingerprint density at radius 3 is 1.38 bits per heavy atom. The molecule has 0 saturated heterocycles. The molecule has 0 N–H and O–H groups in total. The van der Waals surface area contributed by atoms with Crippen molar-refractivity contribution in [1.82, 2.24) is 0 Å². The van der Waals surface area contributed by atoms with Crippen molar-refractivity contribution in [2.24, 2.45) is 0 Å². The van der Waals surface area contributed by atoms with Crippen LogP contribution >= 0.6 is 15.9 Å². The summed E-state index contributed by atoms with van der Waals surface area (Å²) in [4.78, 5) is 13.8. The number of hydrogen-bond donors (Lipinski definition) is 0. The van der Waals surface area contributed by atoms with Gasteiger partial charge in [0.25, 0.3) is 0 Å². The van der Waals surface area contributed by atoms with Gasteiger partial charge in [-0.15, -0.1) is 0 Å². The fraction of sp³-hybridized carbons (Fsp3) is 0.174. The predicted molar refractivity (Wildman–Crippen MR) is 117 cm³/mol. The number of alkyl halides is 1. The Balaban J connectivity index is 2.23. The summed E-state index contributed by atoms with van der Waals surface area (Å²) in [5, 5.41) is 0.947. The molecule has 0 atom stereocenters. The molecule has 1 nitrogen and oxygen atoms in total. The van der Waals surface area contributed by atoms with Gasteiger partial charge in [0.1, 0.15) is 0 Å². The maximum absolute atomic E-state index is 13.8. The summed E-state index contributed by atoms with van der Waals surface area (Å²) in [5.41, 5.74) is 0. The summed E-state index contributed by atoms with van der Waals surface area (Å²) < 4.78 is 4.09. The standard InChI is InChI=1S/C23H23BrGeO/c24-19-11-10-18-23(26)25(20-12-4-1-5-13-20,21-14-6-2-7-15-21)22-16-8-3-9-17-22/h1-9,12-17H,10-11,18-19H2. The van der Waals surface area contributed by atoms with Crippen LogP contribution in [0.1, 0.15) is 19.3 Å². The third-order valence-corrected chi connectivity index (χ3v) is 15.2. The number of carbonyl (C=O) groups excluding carboxylic acids is 1. The molecule has 0 fully saturated rings. The van der Waals surface area contributed by atoms with E-state index < -0.39 is 13.3 Å². The Hall–Kier alpha value is -1.65. The van der Waals surface area contributed by atoms with Crippen molar-refractivity contribution >= 4 is 47.0 Å². The normalized spacial score (nSPS) is 11.3. The molecule has 0 heterocycles. The van der Waals surface area contributed by atoms with E-state index >= 15 is 0 Å². The van der Waals surface area contributed by atoms with E-state index in [0.29, 0.717) is 11.0 Å². The van der Waals surface area contributed by atoms with Crippen molar-refractivity contribution in [2.45, 2.75) is 19.3 Å². The molecular weight excluding hydrogens is 445 g/mol. The zero-order valence-electron chi connectivity index (χ0n) is 14.8. The average molecular weight is 468 g/mol. The fourth-order valence-electron chi connectivity index (χ4n) is 3.61. The molecule has 0 radical (unpaired) electrons. The summed E-state index contributed by atoms with van der Waals surface area (Å²) in [6.45, 7) is 0.